The number of hydrogen-bond donors (Lipinski definition) is 1. The van der Waals surface area contributed by atoms with Gasteiger partial charge in [-0.05, 0) is 49.6 Å². The minimum Gasteiger partial charge on any atom is -0.487 e. The number of carbonyl (C=O) groups is 1. The average Bonchev–Trinajstić information content (AvgIpc) is 2.54. The number of hydrogen-bond acceptors (Lipinski definition) is 4. The highest BCUT2D eigenvalue weighted by molar-refractivity contribution is 6.21. The fraction of sp³-hybridized carbons (Fsp3) is 0.211. The predicted molar refractivity (Wildman–Crippen MR) is 95.7 cm³/mol. The van der Waals surface area contributed by atoms with E-state index < -0.39 is 10.9 Å². The zero-order valence-corrected chi connectivity index (χ0v) is 14.3. The fourth-order valence-corrected chi connectivity index (χ4v) is 2.58. The topological polar surface area (TPSA) is 89.7 Å². The van der Waals surface area contributed by atoms with Crippen LogP contribution in [0.2, 0.25) is 0 Å². The number of carboxylic acid groups (broad SMARTS) is 1. The number of nitro benzene ring substituents is 1. The van der Waals surface area contributed by atoms with Crippen LogP contribution in [0.4, 0.5) is 5.69 Å². The first-order valence-electron chi connectivity index (χ1n) is 7.77. The molecule has 2 rings (SSSR count). The maximum Gasteiger partial charge on any atom is 0.336 e. The molecule has 0 atom stereocenters. The van der Waals surface area contributed by atoms with Crippen LogP contribution >= 0.6 is 0 Å². The van der Waals surface area contributed by atoms with E-state index in [1.807, 2.05) is 26.0 Å². The van der Waals surface area contributed by atoms with E-state index in [1.165, 1.54) is 18.2 Å². The molecule has 25 heavy (non-hydrogen) atoms. The van der Waals surface area contributed by atoms with Gasteiger partial charge in [-0.15, -0.1) is 0 Å². The zero-order valence-electron chi connectivity index (χ0n) is 14.3. The second-order valence-corrected chi connectivity index (χ2v) is 5.60. The van der Waals surface area contributed by atoms with E-state index >= 15 is 0 Å². The van der Waals surface area contributed by atoms with Crippen molar-refractivity contribution in [1.29, 1.82) is 0 Å². The van der Waals surface area contributed by atoms with Crippen LogP contribution in [0.1, 0.15) is 29.2 Å². The van der Waals surface area contributed by atoms with Crippen LogP contribution in [0.3, 0.4) is 0 Å². The molecule has 0 bridgehead atoms. The van der Waals surface area contributed by atoms with Gasteiger partial charge in [-0.2, -0.15) is 0 Å². The molecule has 0 heterocycles. The standard InChI is InChI=1S/C19H19NO5/c1-4-25-18-8-6-14(11-17(18)20(23)24)10-16(19(21)22)15-7-5-12(2)9-13(15)3/h5-11H,4H2,1-3H3,(H,21,22)/b16-10-. The fourth-order valence-electron chi connectivity index (χ4n) is 2.58. The van der Waals surface area contributed by atoms with Gasteiger partial charge in [-0.1, -0.05) is 29.8 Å². The normalized spacial score (nSPS) is 11.2. The van der Waals surface area contributed by atoms with E-state index in [1.54, 1.807) is 19.1 Å². The lowest BCUT2D eigenvalue weighted by atomic mass is 9.97. The van der Waals surface area contributed by atoms with E-state index in [2.05, 4.69) is 0 Å². The van der Waals surface area contributed by atoms with Crippen LogP contribution in [0.25, 0.3) is 11.6 Å². The molecule has 0 aliphatic carbocycles. The van der Waals surface area contributed by atoms with Crippen LogP contribution in [-0.4, -0.2) is 22.6 Å². The molecule has 6 heteroatoms. The Morgan fingerprint density at radius 3 is 2.52 bits per heavy atom. The lowest BCUT2D eigenvalue weighted by molar-refractivity contribution is -0.385. The lowest BCUT2D eigenvalue weighted by Crippen LogP contribution is -2.02. The third-order valence-corrected chi connectivity index (χ3v) is 3.69. The molecule has 1 N–H and O–H groups in total. The van der Waals surface area contributed by atoms with Crippen LogP contribution < -0.4 is 4.74 Å². The predicted octanol–water partition coefficient (Wildman–Crippen LogP) is 4.24. The minimum absolute atomic E-state index is 0.0796. The third-order valence-electron chi connectivity index (χ3n) is 3.69. The Bertz CT molecular complexity index is 855. The van der Waals surface area contributed by atoms with E-state index in [9.17, 15) is 20.0 Å². The molecule has 0 unspecified atom stereocenters. The van der Waals surface area contributed by atoms with Crippen molar-refractivity contribution in [2.75, 3.05) is 6.61 Å². The van der Waals surface area contributed by atoms with Crippen LogP contribution in [0, 0.1) is 24.0 Å². The monoisotopic (exact) mass is 341 g/mol. The van der Waals surface area contributed by atoms with Gasteiger partial charge in [0.25, 0.3) is 0 Å². The quantitative estimate of drug-likeness (QED) is 0.367. The Kier molecular flexibility index (Phi) is 5.54. The molecule has 2 aromatic carbocycles. The molecule has 0 radical (unpaired) electrons. The van der Waals surface area contributed by atoms with Crippen molar-refractivity contribution in [3.63, 3.8) is 0 Å². The summed E-state index contributed by atoms with van der Waals surface area (Å²) < 4.78 is 5.24. The number of nitro groups is 1. The first-order chi connectivity index (χ1) is 11.8. The summed E-state index contributed by atoms with van der Waals surface area (Å²) in [4.78, 5) is 22.4. The molecule has 0 aromatic heterocycles. The summed E-state index contributed by atoms with van der Waals surface area (Å²) in [5, 5.41) is 20.8. The molecule has 0 aliphatic rings. The smallest absolute Gasteiger partial charge is 0.336 e. The molecule has 6 nitrogen and oxygen atoms in total. The number of aryl methyl sites for hydroxylation is 2. The van der Waals surface area contributed by atoms with E-state index in [-0.39, 0.29) is 17.0 Å². The molecule has 2 aromatic rings. The van der Waals surface area contributed by atoms with Crippen molar-refractivity contribution >= 4 is 23.3 Å². The zero-order chi connectivity index (χ0) is 18.6. The van der Waals surface area contributed by atoms with E-state index in [4.69, 9.17) is 4.74 Å². The van der Waals surface area contributed by atoms with Crippen LogP contribution in [0.15, 0.2) is 36.4 Å². The number of nitrogens with zero attached hydrogens (tertiary/aromatic N) is 1. The molecule has 130 valence electrons. The number of rotatable bonds is 6. The van der Waals surface area contributed by atoms with Gasteiger partial charge in [0.05, 0.1) is 17.1 Å². The highest BCUT2D eigenvalue weighted by Crippen LogP contribution is 2.30. The summed E-state index contributed by atoms with van der Waals surface area (Å²) >= 11 is 0. The number of ether oxygens (including phenoxy) is 1. The van der Waals surface area contributed by atoms with Crippen molar-refractivity contribution in [2.24, 2.45) is 0 Å². The molecule has 0 saturated carbocycles. The van der Waals surface area contributed by atoms with Crippen molar-refractivity contribution in [1.82, 2.24) is 0 Å². The van der Waals surface area contributed by atoms with Gasteiger partial charge in [-0.25, -0.2) is 4.79 Å². The van der Waals surface area contributed by atoms with Gasteiger partial charge >= 0.3 is 11.7 Å². The first kappa shape index (κ1) is 18.2. The highest BCUT2D eigenvalue weighted by Gasteiger charge is 2.17. The van der Waals surface area contributed by atoms with Gasteiger partial charge in [0.1, 0.15) is 0 Å². The van der Waals surface area contributed by atoms with E-state index in [0.29, 0.717) is 17.7 Å². The van der Waals surface area contributed by atoms with Gasteiger partial charge in [0, 0.05) is 6.07 Å². The Morgan fingerprint density at radius 2 is 1.96 bits per heavy atom. The summed E-state index contributed by atoms with van der Waals surface area (Å²) in [6.07, 6.45) is 1.43. The molecule has 0 spiro atoms. The largest absolute Gasteiger partial charge is 0.487 e. The van der Waals surface area contributed by atoms with Crippen LogP contribution in [-0.2, 0) is 4.79 Å². The lowest BCUT2D eigenvalue weighted by Gasteiger charge is -2.09. The SMILES string of the molecule is CCOc1ccc(/C=C(\C(=O)O)c2ccc(C)cc2C)cc1[N+](=O)[O-]. The number of carboxylic acids is 1. The maximum atomic E-state index is 11.7. The van der Waals surface area contributed by atoms with E-state index in [0.717, 1.165) is 11.1 Å². The summed E-state index contributed by atoms with van der Waals surface area (Å²) in [6, 6.07) is 9.87. The van der Waals surface area contributed by atoms with Crippen molar-refractivity contribution in [3.05, 3.63) is 68.8 Å². The number of benzene rings is 2. The molecule has 0 amide bonds. The van der Waals surface area contributed by atoms with Crippen molar-refractivity contribution < 1.29 is 19.6 Å². The van der Waals surface area contributed by atoms with Gasteiger partial charge < -0.3 is 9.84 Å². The molecular formula is C19H19NO5. The Hall–Kier alpha value is -3.15. The van der Waals surface area contributed by atoms with Crippen molar-refractivity contribution in [3.8, 4) is 5.75 Å². The summed E-state index contributed by atoms with van der Waals surface area (Å²) in [5.41, 5.74) is 2.75. The highest BCUT2D eigenvalue weighted by atomic mass is 16.6. The Balaban J connectivity index is 2.56. The Labute approximate surface area is 145 Å². The molecule has 0 saturated heterocycles. The van der Waals surface area contributed by atoms with Gasteiger partial charge in [0.15, 0.2) is 5.75 Å². The second-order valence-electron chi connectivity index (χ2n) is 5.60. The summed E-state index contributed by atoms with van der Waals surface area (Å²) in [7, 11) is 0. The van der Waals surface area contributed by atoms with Gasteiger partial charge in [0.2, 0.25) is 0 Å². The first-order valence-corrected chi connectivity index (χ1v) is 7.77. The van der Waals surface area contributed by atoms with Crippen molar-refractivity contribution in [2.45, 2.75) is 20.8 Å². The summed E-state index contributed by atoms with van der Waals surface area (Å²) in [5.74, 6) is -0.934. The molecule has 0 aliphatic heterocycles. The van der Waals surface area contributed by atoms with Crippen LogP contribution in [0.5, 0.6) is 5.75 Å². The summed E-state index contributed by atoms with van der Waals surface area (Å²) in [6.45, 7) is 5.80. The number of aliphatic carboxylic acids is 1. The average molecular weight is 341 g/mol. The third kappa shape index (κ3) is 4.23. The Morgan fingerprint density at radius 1 is 1.24 bits per heavy atom. The molecule has 0 fully saturated rings. The second kappa shape index (κ2) is 7.61. The minimum atomic E-state index is -1.09. The molecular weight excluding hydrogens is 322 g/mol. The van der Waals surface area contributed by atoms with Gasteiger partial charge in [-0.3, -0.25) is 10.1 Å². The maximum absolute atomic E-state index is 11.7.